The monoisotopic (exact) mass is 277 g/mol. The second kappa shape index (κ2) is 5.24. The fourth-order valence-corrected chi connectivity index (χ4v) is 1.87. The Morgan fingerprint density at radius 1 is 1.30 bits per heavy atom. The number of aromatic amines is 1. The van der Waals surface area contributed by atoms with Gasteiger partial charge in [0.1, 0.15) is 11.4 Å². The van der Waals surface area contributed by atoms with Gasteiger partial charge in [0.15, 0.2) is 5.78 Å². The number of nitrogens with one attached hydrogen (secondary N) is 1. The highest BCUT2D eigenvalue weighted by atomic mass is 19.1. The predicted octanol–water partition coefficient (Wildman–Crippen LogP) is 2.05. The van der Waals surface area contributed by atoms with Crippen molar-refractivity contribution in [1.82, 2.24) is 4.98 Å². The van der Waals surface area contributed by atoms with E-state index < -0.39 is 23.0 Å². The third kappa shape index (κ3) is 2.32. The van der Waals surface area contributed by atoms with Crippen molar-refractivity contribution in [2.75, 3.05) is 6.61 Å². The quantitative estimate of drug-likeness (QED) is 0.688. The molecule has 0 aliphatic carbocycles. The molecule has 1 aromatic carbocycles. The molecule has 0 unspecified atom stereocenters. The molecule has 0 aliphatic heterocycles. The van der Waals surface area contributed by atoms with Crippen molar-refractivity contribution in [2.24, 2.45) is 0 Å². The molecule has 0 aliphatic rings. The molecule has 2 aromatic rings. The highest BCUT2D eigenvalue weighted by Gasteiger charge is 2.16. The minimum Gasteiger partial charge on any atom is -0.462 e. The molecular weight excluding hydrogens is 265 g/mol. The number of hydrogen-bond donors (Lipinski definition) is 1. The predicted molar refractivity (Wildman–Crippen MR) is 70.5 cm³/mol. The summed E-state index contributed by atoms with van der Waals surface area (Å²) in [4.78, 5) is 37.6. The van der Waals surface area contributed by atoms with Crippen LogP contribution in [0.15, 0.2) is 23.1 Å². The van der Waals surface area contributed by atoms with Gasteiger partial charge in [0.05, 0.1) is 17.7 Å². The normalized spacial score (nSPS) is 10.6. The van der Waals surface area contributed by atoms with Gasteiger partial charge in [-0.1, -0.05) is 0 Å². The summed E-state index contributed by atoms with van der Waals surface area (Å²) in [6.07, 6.45) is 1.20. The van der Waals surface area contributed by atoms with Crippen LogP contribution in [0.4, 0.5) is 4.39 Å². The molecule has 20 heavy (non-hydrogen) atoms. The van der Waals surface area contributed by atoms with Crippen LogP contribution in [0.25, 0.3) is 10.9 Å². The molecular formula is C14H12FNO4. The smallest absolute Gasteiger partial charge is 0.343 e. The number of pyridine rings is 1. The second-order valence-electron chi connectivity index (χ2n) is 4.19. The van der Waals surface area contributed by atoms with E-state index in [2.05, 4.69) is 4.98 Å². The minimum absolute atomic E-state index is 0.00180. The van der Waals surface area contributed by atoms with Gasteiger partial charge in [-0.15, -0.1) is 0 Å². The van der Waals surface area contributed by atoms with Gasteiger partial charge in [-0.25, -0.2) is 9.18 Å². The SMILES string of the molecule is CCOC(=O)c1c[nH]c2cc(C(C)=O)c(F)cc2c1=O. The van der Waals surface area contributed by atoms with Crippen LogP contribution in [-0.2, 0) is 4.74 Å². The summed E-state index contributed by atoms with van der Waals surface area (Å²) < 4.78 is 18.5. The van der Waals surface area contributed by atoms with E-state index in [1.165, 1.54) is 19.2 Å². The van der Waals surface area contributed by atoms with Crippen LogP contribution in [0.2, 0.25) is 0 Å². The molecule has 0 fully saturated rings. The molecule has 5 nitrogen and oxygen atoms in total. The van der Waals surface area contributed by atoms with Crippen LogP contribution in [0.3, 0.4) is 0 Å². The largest absolute Gasteiger partial charge is 0.462 e. The first-order valence-electron chi connectivity index (χ1n) is 5.98. The van der Waals surface area contributed by atoms with Crippen LogP contribution in [0.5, 0.6) is 0 Å². The topological polar surface area (TPSA) is 76.2 Å². The van der Waals surface area contributed by atoms with E-state index in [9.17, 15) is 18.8 Å². The van der Waals surface area contributed by atoms with Crippen molar-refractivity contribution >= 4 is 22.7 Å². The van der Waals surface area contributed by atoms with Gasteiger partial charge in [0.2, 0.25) is 5.43 Å². The Balaban J connectivity index is 2.69. The molecule has 1 N–H and O–H groups in total. The van der Waals surface area contributed by atoms with E-state index >= 15 is 0 Å². The first-order valence-corrected chi connectivity index (χ1v) is 5.98. The first kappa shape index (κ1) is 13.9. The summed E-state index contributed by atoms with van der Waals surface area (Å²) in [7, 11) is 0. The lowest BCUT2D eigenvalue weighted by atomic mass is 10.1. The average Bonchev–Trinajstić information content (AvgIpc) is 2.39. The van der Waals surface area contributed by atoms with Crippen LogP contribution < -0.4 is 5.43 Å². The van der Waals surface area contributed by atoms with Crippen molar-refractivity contribution in [3.05, 3.63) is 45.5 Å². The van der Waals surface area contributed by atoms with Gasteiger partial charge in [-0.2, -0.15) is 0 Å². The fourth-order valence-electron chi connectivity index (χ4n) is 1.87. The van der Waals surface area contributed by atoms with E-state index in [4.69, 9.17) is 4.74 Å². The average molecular weight is 277 g/mol. The second-order valence-corrected chi connectivity index (χ2v) is 4.19. The number of fused-ring (bicyclic) bond motifs is 1. The molecule has 2 rings (SSSR count). The van der Waals surface area contributed by atoms with Crippen LogP contribution in [-0.4, -0.2) is 23.3 Å². The third-order valence-electron chi connectivity index (χ3n) is 2.84. The number of halogens is 1. The Kier molecular flexibility index (Phi) is 3.65. The first-order chi connectivity index (χ1) is 9.45. The zero-order valence-electron chi connectivity index (χ0n) is 11.0. The number of Topliss-reactive ketones (excluding diaryl/α,β-unsaturated/α-hetero) is 1. The molecule has 0 spiro atoms. The highest BCUT2D eigenvalue weighted by molar-refractivity contribution is 5.99. The summed E-state index contributed by atoms with van der Waals surface area (Å²) in [5.74, 6) is -2.01. The molecule has 1 aromatic heterocycles. The van der Waals surface area contributed by atoms with E-state index in [0.717, 1.165) is 6.07 Å². The number of esters is 1. The zero-order valence-corrected chi connectivity index (χ0v) is 11.0. The number of H-pyrrole nitrogens is 1. The van der Waals surface area contributed by atoms with E-state index in [0.29, 0.717) is 0 Å². The lowest BCUT2D eigenvalue weighted by Gasteiger charge is -2.05. The summed E-state index contributed by atoms with van der Waals surface area (Å²) in [5.41, 5.74) is -0.660. The Bertz CT molecular complexity index is 764. The number of ether oxygens (including phenoxy) is 1. The molecule has 1 heterocycles. The standard InChI is InChI=1S/C14H12FNO4/c1-3-20-14(19)10-6-16-12-5-8(7(2)17)11(15)4-9(12)13(10)18/h4-6H,3H2,1-2H3,(H,16,18). The van der Waals surface area contributed by atoms with E-state index in [1.807, 2.05) is 0 Å². The number of benzene rings is 1. The zero-order chi connectivity index (χ0) is 14.9. The molecule has 6 heteroatoms. The lowest BCUT2D eigenvalue weighted by molar-refractivity contribution is 0.0524. The molecule has 0 amide bonds. The Hall–Kier alpha value is -2.50. The van der Waals surface area contributed by atoms with Crippen molar-refractivity contribution in [3.63, 3.8) is 0 Å². The van der Waals surface area contributed by atoms with Gasteiger partial charge >= 0.3 is 5.97 Å². The molecule has 0 radical (unpaired) electrons. The van der Waals surface area contributed by atoms with Gasteiger partial charge < -0.3 is 9.72 Å². The maximum Gasteiger partial charge on any atom is 0.343 e. The summed E-state index contributed by atoms with van der Waals surface area (Å²) in [5, 5.41) is -0.00180. The summed E-state index contributed by atoms with van der Waals surface area (Å²) in [6, 6.07) is 2.21. The highest BCUT2D eigenvalue weighted by Crippen LogP contribution is 2.16. The molecule has 104 valence electrons. The number of rotatable bonds is 3. The van der Waals surface area contributed by atoms with E-state index in [-0.39, 0.29) is 28.6 Å². The number of carbonyl (C=O) groups excluding carboxylic acids is 2. The van der Waals surface area contributed by atoms with Gasteiger partial charge in [-0.05, 0) is 26.0 Å². The molecule has 0 saturated heterocycles. The summed E-state index contributed by atoms with van der Waals surface area (Å²) in [6.45, 7) is 2.98. The fraction of sp³-hybridized carbons (Fsp3) is 0.214. The number of aromatic nitrogens is 1. The third-order valence-corrected chi connectivity index (χ3v) is 2.84. The molecule has 0 saturated carbocycles. The van der Waals surface area contributed by atoms with Crippen LogP contribution in [0.1, 0.15) is 34.6 Å². The van der Waals surface area contributed by atoms with Crippen molar-refractivity contribution in [2.45, 2.75) is 13.8 Å². The molecule has 0 atom stereocenters. The Labute approximate surface area is 113 Å². The maximum absolute atomic E-state index is 13.7. The van der Waals surface area contributed by atoms with Gasteiger partial charge in [0, 0.05) is 11.6 Å². The molecule has 0 bridgehead atoms. The van der Waals surface area contributed by atoms with Gasteiger partial charge in [-0.3, -0.25) is 9.59 Å². The Morgan fingerprint density at radius 3 is 2.60 bits per heavy atom. The minimum atomic E-state index is -0.795. The van der Waals surface area contributed by atoms with Gasteiger partial charge in [0.25, 0.3) is 0 Å². The number of ketones is 1. The van der Waals surface area contributed by atoms with Crippen molar-refractivity contribution < 1.29 is 18.7 Å². The number of hydrogen-bond acceptors (Lipinski definition) is 4. The van der Waals surface area contributed by atoms with Crippen LogP contribution in [0, 0.1) is 5.82 Å². The van der Waals surface area contributed by atoms with Crippen molar-refractivity contribution in [1.29, 1.82) is 0 Å². The van der Waals surface area contributed by atoms with E-state index in [1.54, 1.807) is 6.92 Å². The maximum atomic E-state index is 13.7. The lowest BCUT2D eigenvalue weighted by Crippen LogP contribution is -2.18. The Morgan fingerprint density at radius 2 is 2.00 bits per heavy atom. The van der Waals surface area contributed by atoms with Crippen molar-refractivity contribution in [3.8, 4) is 0 Å². The number of carbonyl (C=O) groups is 2. The summed E-state index contributed by atoms with van der Waals surface area (Å²) >= 11 is 0. The van der Waals surface area contributed by atoms with Crippen LogP contribution >= 0.6 is 0 Å².